The van der Waals surface area contributed by atoms with Gasteiger partial charge in [0.05, 0.1) is 12.5 Å². The molecule has 0 radical (unpaired) electrons. The molecule has 0 aromatic heterocycles. The Bertz CT molecular complexity index is 299. The SMILES string of the molecule is Cc1cccc([C@@H](N)CC#N)c1. The highest BCUT2D eigenvalue weighted by atomic mass is 14.6. The van der Waals surface area contributed by atoms with Crippen LogP contribution in [0.5, 0.6) is 0 Å². The van der Waals surface area contributed by atoms with E-state index >= 15 is 0 Å². The van der Waals surface area contributed by atoms with Crippen molar-refractivity contribution in [3.05, 3.63) is 35.4 Å². The highest BCUT2D eigenvalue weighted by Gasteiger charge is 2.03. The number of hydrogen-bond acceptors (Lipinski definition) is 2. The van der Waals surface area contributed by atoms with Gasteiger partial charge < -0.3 is 5.73 Å². The molecule has 0 heterocycles. The molecule has 0 fully saturated rings. The second-order valence-electron chi connectivity index (χ2n) is 2.88. The molecule has 1 aromatic rings. The molecule has 12 heavy (non-hydrogen) atoms. The van der Waals surface area contributed by atoms with Crippen LogP contribution in [0.15, 0.2) is 24.3 Å². The van der Waals surface area contributed by atoms with E-state index in [-0.39, 0.29) is 6.04 Å². The highest BCUT2D eigenvalue weighted by Crippen LogP contribution is 2.14. The Kier molecular flexibility index (Phi) is 2.84. The molecule has 0 saturated carbocycles. The summed E-state index contributed by atoms with van der Waals surface area (Å²) >= 11 is 0. The standard InChI is InChI=1S/C10H12N2/c1-8-3-2-4-9(7-8)10(12)5-6-11/h2-4,7,10H,5,12H2,1H3/t10-/m0/s1. The average molecular weight is 160 g/mol. The number of benzene rings is 1. The summed E-state index contributed by atoms with van der Waals surface area (Å²) in [6.07, 6.45) is 0.378. The summed E-state index contributed by atoms with van der Waals surface area (Å²) in [6.45, 7) is 2.02. The van der Waals surface area contributed by atoms with E-state index < -0.39 is 0 Å². The van der Waals surface area contributed by atoms with Crippen LogP contribution in [0.4, 0.5) is 0 Å². The minimum Gasteiger partial charge on any atom is -0.323 e. The number of rotatable bonds is 2. The van der Waals surface area contributed by atoms with Gasteiger partial charge in [-0.25, -0.2) is 0 Å². The summed E-state index contributed by atoms with van der Waals surface area (Å²) in [5.74, 6) is 0. The maximum absolute atomic E-state index is 8.44. The second-order valence-corrected chi connectivity index (χ2v) is 2.88. The van der Waals surface area contributed by atoms with Crippen LogP contribution in [0, 0.1) is 18.3 Å². The van der Waals surface area contributed by atoms with E-state index in [1.165, 1.54) is 5.56 Å². The first-order valence-electron chi connectivity index (χ1n) is 3.93. The van der Waals surface area contributed by atoms with Crippen molar-refractivity contribution in [2.24, 2.45) is 5.73 Å². The third kappa shape index (κ3) is 2.08. The van der Waals surface area contributed by atoms with Crippen LogP contribution >= 0.6 is 0 Å². The zero-order valence-electron chi connectivity index (χ0n) is 7.12. The van der Waals surface area contributed by atoms with Crippen molar-refractivity contribution in [3.63, 3.8) is 0 Å². The quantitative estimate of drug-likeness (QED) is 0.718. The molecule has 2 nitrogen and oxygen atoms in total. The van der Waals surface area contributed by atoms with E-state index in [0.717, 1.165) is 5.56 Å². The van der Waals surface area contributed by atoms with Crippen LogP contribution in [0.25, 0.3) is 0 Å². The van der Waals surface area contributed by atoms with E-state index in [9.17, 15) is 0 Å². The van der Waals surface area contributed by atoms with Crippen LogP contribution in [0.3, 0.4) is 0 Å². The van der Waals surface area contributed by atoms with Gasteiger partial charge in [0, 0.05) is 6.04 Å². The van der Waals surface area contributed by atoms with Gasteiger partial charge in [-0.15, -0.1) is 0 Å². The van der Waals surface area contributed by atoms with Crippen molar-refractivity contribution in [1.29, 1.82) is 5.26 Å². The van der Waals surface area contributed by atoms with E-state index in [1.54, 1.807) is 0 Å². The Hall–Kier alpha value is -1.33. The molecule has 2 N–H and O–H groups in total. The van der Waals surface area contributed by atoms with Gasteiger partial charge in [-0.3, -0.25) is 0 Å². The summed E-state index contributed by atoms with van der Waals surface area (Å²) in [6, 6.07) is 9.86. The fourth-order valence-electron chi connectivity index (χ4n) is 1.12. The Morgan fingerprint density at radius 1 is 1.58 bits per heavy atom. The molecule has 0 saturated heterocycles. The van der Waals surface area contributed by atoms with Crippen molar-refractivity contribution in [2.75, 3.05) is 0 Å². The van der Waals surface area contributed by atoms with E-state index in [1.807, 2.05) is 31.2 Å². The van der Waals surface area contributed by atoms with Crippen LogP contribution in [-0.4, -0.2) is 0 Å². The Labute approximate surface area is 72.6 Å². The molecule has 0 spiro atoms. The smallest absolute Gasteiger partial charge is 0.0641 e. The molecular weight excluding hydrogens is 148 g/mol. The number of nitriles is 1. The van der Waals surface area contributed by atoms with Crippen molar-refractivity contribution in [1.82, 2.24) is 0 Å². The predicted octanol–water partition coefficient (Wildman–Crippen LogP) is 1.91. The van der Waals surface area contributed by atoms with Crippen molar-refractivity contribution < 1.29 is 0 Å². The fraction of sp³-hybridized carbons (Fsp3) is 0.300. The highest BCUT2D eigenvalue weighted by molar-refractivity contribution is 5.25. The summed E-state index contributed by atoms with van der Waals surface area (Å²) in [4.78, 5) is 0. The molecule has 0 amide bonds. The summed E-state index contributed by atoms with van der Waals surface area (Å²) in [5.41, 5.74) is 7.97. The number of hydrogen-bond donors (Lipinski definition) is 1. The summed E-state index contributed by atoms with van der Waals surface area (Å²) < 4.78 is 0. The van der Waals surface area contributed by atoms with Gasteiger partial charge in [-0.2, -0.15) is 5.26 Å². The van der Waals surface area contributed by atoms with Crippen molar-refractivity contribution in [3.8, 4) is 6.07 Å². The van der Waals surface area contributed by atoms with Gasteiger partial charge in [0.1, 0.15) is 0 Å². The Balaban J connectivity index is 2.82. The summed E-state index contributed by atoms with van der Waals surface area (Å²) in [7, 11) is 0. The third-order valence-electron chi connectivity index (χ3n) is 1.78. The van der Waals surface area contributed by atoms with Crippen LogP contribution in [0.2, 0.25) is 0 Å². The Morgan fingerprint density at radius 2 is 2.33 bits per heavy atom. The first kappa shape index (κ1) is 8.76. The third-order valence-corrected chi connectivity index (χ3v) is 1.78. The first-order chi connectivity index (χ1) is 5.74. The van der Waals surface area contributed by atoms with Crippen LogP contribution in [-0.2, 0) is 0 Å². The molecule has 1 aromatic carbocycles. The molecule has 2 heteroatoms. The monoisotopic (exact) mass is 160 g/mol. The normalized spacial score (nSPS) is 12.1. The predicted molar refractivity (Wildman–Crippen MR) is 48.3 cm³/mol. The van der Waals surface area contributed by atoms with E-state index in [2.05, 4.69) is 6.07 Å². The lowest BCUT2D eigenvalue weighted by Crippen LogP contribution is -2.08. The molecule has 1 atom stereocenters. The van der Waals surface area contributed by atoms with Gasteiger partial charge in [0.25, 0.3) is 0 Å². The lowest BCUT2D eigenvalue weighted by Gasteiger charge is -2.07. The molecule has 0 unspecified atom stereocenters. The molecule has 0 bridgehead atoms. The maximum atomic E-state index is 8.44. The molecule has 0 aliphatic rings. The molecule has 0 aliphatic heterocycles. The van der Waals surface area contributed by atoms with Gasteiger partial charge in [-0.05, 0) is 12.5 Å². The lowest BCUT2D eigenvalue weighted by atomic mass is 10.0. The molecule has 62 valence electrons. The molecule has 0 aliphatic carbocycles. The van der Waals surface area contributed by atoms with Gasteiger partial charge in [0.2, 0.25) is 0 Å². The van der Waals surface area contributed by atoms with Crippen molar-refractivity contribution in [2.45, 2.75) is 19.4 Å². The van der Waals surface area contributed by atoms with Gasteiger partial charge in [-0.1, -0.05) is 29.8 Å². The largest absolute Gasteiger partial charge is 0.323 e. The van der Waals surface area contributed by atoms with Gasteiger partial charge >= 0.3 is 0 Å². The lowest BCUT2D eigenvalue weighted by molar-refractivity contribution is 0.748. The first-order valence-corrected chi connectivity index (χ1v) is 3.93. The van der Waals surface area contributed by atoms with Crippen molar-refractivity contribution >= 4 is 0 Å². The Morgan fingerprint density at radius 3 is 2.92 bits per heavy atom. The topological polar surface area (TPSA) is 49.8 Å². The number of aryl methyl sites for hydroxylation is 1. The number of nitrogens with two attached hydrogens (primary N) is 1. The molecular formula is C10H12N2. The average Bonchev–Trinajstić information content (AvgIpc) is 2.05. The zero-order chi connectivity index (χ0) is 8.97. The zero-order valence-corrected chi connectivity index (χ0v) is 7.12. The fourth-order valence-corrected chi connectivity index (χ4v) is 1.12. The summed E-state index contributed by atoms with van der Waals surface area (Å²) in [5, 5.41) is 8.44. The van der Waals surface area contributed by atoms with Crippen LogP contribution < -0.4 is 5.73 Å². The van der Waals surface area contributed by atoms with E-state index in [0.29, 0.717) is 6.42 Å². The maximum Gasteiger partial charge on any atom is 0.0641 e. The van der Waals surface area contributed by atoms with E-state index in [4.69, 9.17) is 11.0 Å². The minimum atomic E-state index is -0.144. The number of nitrogens with zero attached hydrogens (tertiary/aromatic N) is 1. The second kappa shape index (κ2) is 3.89. The molecule has 1 rings (SSSR count). The van der Waals surface area contributed by atoms with Gasteiger partial charge in [0.15, 0.2) is 0 Å². The van der Waals surface area contributed by atoms with Crippen LogP contribution in [0.1, 0.15) is 23.6 Å². The minimum absolute atomic E-state index is 0.144.